The third-order valence-corrected chi connectivity index (χ3v) is 6.09. The highest BCUT2D eigenvalue weighted by atomic mass is 19.4. The number of aliphatic hydroxyl groups is 3. The van der Waals surface area contributed by atoms with Gasteiger partial charge in [-0.05, 0) is 66.3 Å². The number of alkyl halides is 3. The van der Waals surface area contributed by atoms with Crippen molar-refractivity contribution < 1.29 is 33.3 Å². The number of hydrogen-bond donors (Lipinski definition) is 3. The van der Waals surface area contributed by atoms with E-state index in [0.717, 1.165) is 10.8 Å². The topological polar surface area (TPSA) is 105 Å². The first-order valence-corrected chi connectivity index (χ1v) is 11.1. The number of Topliss-reactive ketones (excluding diaryl/α,β-unsaturated/α-hetero) is 1. The summed E-state index contributed by atoms with van der Waals surface area (Å²) in [4.78, 5) is 13.8. The molecule has 1 saturated heterocycles. The molecule has 3 rings (SSSR count). The number of ketones is 1. The number of aliphatic hydroxyl groups excluding tert-OH is 3. The van der Waals surface area contributed by atoms with Gasteiger partial charge in [0, 0.05) is 18.7 Å². The minimum absolute atomic E-state index is 0.0756. The molecule has 0 aliphatic carbocycles. The van der Waals surface area contributed by atoms with Crippen LogP contribution in [0.4, 0.5) is 18.9 Å². The zero-order chi connectivity index (χ0) is 24.9. The Hall–Kier alpha value is -2.93. The number of allylic oxidation sites excluding steroid dienone is 1. The Kier molecular flexibility index (Phi) is 8.31. The van der Waals surface area contributed by atoms with Crippen LogP contribution in [0.25, 0.3) is 16.8 Å². The van der Waals surface area contributed by atoms with E-state index in [0.29, 0.717) is 30.6 Å². The molecule has 0 spiro atoms. The molecule has 6 nitrogen and oxygen atoms in total. The van der Waals surface area contributed by atoms with Crippen LogP contribution in [0.1, 0.15) is 37.7 Å². The third-order valence-electron chi connectivity index (χ3n) is 6.09. The fraction of sp³-hybridized carbons (Fsp3) is 0.440. The van der Waals surface area contributed by atoms with Crippen molar-refractivity contribution in [2.75, 3.05) is 18.1 Å². The van der Waals surface area contributed by atoms with E-state index < -0.39 is 36.8 Å². The largest absolute Gasteiger partial charge is 0.408 e. The molecule has 3 N–H and O–H groups in total. The Bertz CT molecular complexity index is 1090. The molecular weight excluding hydrogens is 449 g/mol. The minimum atomic E-state index is -4.30. The van der Waals surface area contributed by atoms with E-state index in [9.17, 15) is 33.4 Å². The second-order valence-electron chi connectivity index (χ2n) is 8.49. The summed E-state index contributed by atoms with van der Waals surface area (Å²) in [5, 5.41) is 38.8. The molecule has 1 heterocycles. The summed E-state index contributed by atoms with van der Waals surface area (Å²) < 4.78 is 40.4. The number of rotatable bonds is 8. The van der Waals surface area contributed by atoms with Crippen molar-refractivity contribution >= 4 is 28.3 Å². The molecule has 1 aliphatic heterocycles. The van der Waals surface area contributed by atoms with Gasteiger partial charge < -0.3 is 20.2 Å². The first kappa shape index (κ1) is 25.7. The van der Waals surface area contributed by atoms with Crippen LogP contribution in [0, 0.1) is 11.3 Å². The van der Waals surface area contributed by atoms with Gasteiger partial charge in [0.05, 0.1) is 18.3 Å². The van der Waals surface area contributed by atoms with Crippen molar-refractivity contribution in [1.82, 2.24) is 0 Å². The molecule has 0 aromatic heterocycles. The summed E-state index contributed by atoms with van der Waals surface area (Å²) in [7, 11) is 0. The number of nitrogens with zero attached hydrogens (tertiary/aromatic N) is 2. The molecule has 3 atom stereocenters. The Labute approximate surface area is 195 Å². The van der Waals surface area contributed by atoms with Crippen LogP contribution in [0.15, 0.2) is 42.0 Å². The lowest BCUT2D eigenvalue weighted by molar-refractivity contribution is -0.152. The average molecular weight is 476 g/mol. The number of piperidine rings is 1. The molecule has 1 fully saturated rings. The number of anilines is 1. The van der Waals surface area contributed by atoms with Crippen molar-refractivity contribution in [3.8, 4) is 6.07 Å². The predicted molar refractivity (Wildman–Crippen MR) is 122 cm³/mol. The lowest BCUT2D eigenvalue weighted by Gasteiger charge is -2.38. The highest BCUT2D eigenvalue weighted by Gasteiger charge is 2.44. The van der Waals surface area contributed by atoms with E-state index in [4.69, 9.17) is 5.11 Å². The van der Waals surface area contributed by atoms with Gasteiger partial charge in [-0.25, -0.2) is 0 Å². The monoisotopic (exact) mass is 476 g/mol. The second-order valence-corrected chi connectivity index (χ2v) is 8.49. The number of fused-ring (bicyclic) bond motifs is 1. The summed E-state index contributed by atoms with van der Waals surface area (Å²) in [6.45, 7) is -0.294. The molecule has 9 heteroatoms. The Morgan fingerprint density at radius 1 is 1.15 bits per heavy atom. The van der Waals surface area contributed by atoms with Crippen LogP contribution >= 0.6 is 0 Å². The van der Waals surface area contributed by atoms with E-state index in [1.165, 1.54) is 11.0 Å². The van der Waals surface area contributed by atoms with Gasteiger partial charge in [0.2, 0.25) is 0 Å². The fourth-order valence-corrected chi connectivity index (χ4v) is 4.17. The highest BCUT2D eigenvalue weighted by molar-refractivity contribution is 6.03. The zero-order valence-electron chi connectivity index (χ0n) is 18.5. The van der Waals surface area contributed by atoms with Gasteiger partial charge in [-0.1, -0.05) is 18.2 Å². The molecule has 0 radical (unpaired) electrons. The molecule has 182 valence electrons. The minimum Gasteiger partial charge on any atom is -0.394 e. The summed E-state index contributed by atoms with van der Waals surface area (Å²) >= 11 is 0. The molecule has 0 saturated carbocycles. The number of hydrogen-bond acceptors (Lipinski definition) is 6. The summed E-state index contributed by atoms with van der Waals surface area (Å²) in [6.07, 6.45) is -4.47. The van der Waals surface area contributed by atoms with E-state index >= 15 is 0 Å². The molecule has 1 aliphatic rings. The van der Waals surface area contributed by atoms with Crippen LogP contribution < -0.4 is 4.90 Å². The predicted octanol–water partition coefficient (Wildman–Crippen LogP) is 3.73. The van der Waals surface area contributed by atoms with Crippen LogP contribution in [0.3, 0.4) is 0 Å². The first-order chi connectivity index (χ1) is 16.1. The SMILES string of the molecule is N#C/C(=C\c1ccc2cc(N3CCCCC3C(F)(F)F)ccc2c1)C(=O)CCC(O)C(O)CO. The number of benzene rings is 2. The molecule has 0 bridgehead atoms. The van der Waals surface area contributed by atoms with Crippen LogP contribution in [-0.4, -0.2) is 58.7 Å². The maximum absolute atomic E-state index is 13.5. The molecule has 2 aromatic carbocycles. The van der Waals surface area contributed by atoms with Gasteiger partial charge in [0.1, 0.15) is 18.2 Å². The van der Waals surface area contributed by atoms with Crippen molar-refractivity contribution in [1.29, 1.82) is 5.26 Å². The van der Waals surface area contributed by atoms with Crippen LogP contribution in [-0.2, 0) is 4.79 Å². The summed E-state index contributed by atoms with van der Waals surface area (Å²) in [6, 6.07) is 10.6. The van der Waals surface area contributed by atoms with E-state index in [1.807, 2.05) is 6.07 Å². The van der Waals surface area contributed by atoms with Crippen molar-refractivity contribution in [3.05, 3.63) is 47.5 Å². The zero-order valence-corrected chi connectivity index (χ0v) is 18.5. The number of carbonyl (C=O) groups excluding carboxylic acids is 1. The quantitative estimate of drug-likeness (QED) is 0.396. The average Bonchev–Trinajstić information content (AvgIpc) is 2.84. The van der Waals surface area contributed by atoms with Crippen molar-refractivity contribution in [2.45, 2.75) is 56.5 Å². The van der Waals surface area contributed by atoms with Crippen LogP contribution in [0.5, 0.6) is 0 Å². The highest BCUT2D eigenvalue weighted by Crippen LogP contribution is 2.36. The number of carbonyl (C=O) groups is 1. The van der Waals surface area contributed by atoms with Gasteiger partial charge >= 0.3 is 6.18 Å². The molecule has 3 unspecified atom stereocenters. The molecule has 0 amide bonds. The van der Waals surface area contributed by atoms with Crippen molar-refractivity contribution in [2.24, 2.45) is 0 Å². The Morgan fingerprint density at radius 2 is 1.85 bits per heavy atom. The van der Waals surface area contributed by atoms with Gasteiger partial charge in [0.25, 0.3) is 0 Å². The van der Waals surface area contributed by atoms with Gasteiger partial charge in [-0.15, -0.1) is 0 Å². The van der Waals surface area contributed by atoms with Gasteiger partial charge in [-0.2, -0.15) is 18.4 Å². The molecule has 34 heavy (non-hydrogen) atoms. The lowest BCUT2D eigenvalue weighted by Crippen LogP contribution is -2.48. The second kappa shape index (κ2) is 11.0. The normalized spacial score (nSPS) is 19.0. The van der Waals surface area contributed by atoms with Crippen molar-refractivity contribution in [3.63, 3.8) is 0 Å². The van der Waals surface area contributed by atoms with Gasteiger partial charge in [-0.3, -0.25) is 4.79 Å². The smallest absolute Gasteiger partial charge is 0.394 e. The molecule has 2 aromatic rings. The molecular formula is C25H27F3N2O4. The van der Waals surface area contributed by atoms with E-state index in [-0.39, 0.29) is 24.8 Å². The third kappa shape index (κ3) is 6.14. The summed E-state index contributed by atoms with van der Waals surface area (Å²) in [5.41, 5.74) is 0.963. The number of halogens is 3. The van der Waals surface area contributed by atoms with E-state index in [1.54, 1.807) is 36.4 Å². The van der Waals surface area contributed by atoms with Gasteiger partial charge in [0.15, 0.2) is 5.78 Å². The number of nitriles is 1. The Morgan fingerprint density at radius 3 is 2.53 bits per heavy atom. The van der Waals surface area contributed by atoms with E-state index in [2.05, 4.69) is 0 Å². The maximum atomic E-state index is 13.5. The Balaban J connectivity index is 1.79. The standard InChI is InChI=1S/C25H27F3N2O4/c26-25(27,28)24-3-1-2-10-30(24)20-7-6-17-11-16(4-5-18(17)13-20)12-19(14-29)21(32)8-9-22(33)23(34)15-31/h4-7,11-13,22-24,31,33-34H,1-3,8-10,15H2/b19-12+. The maximum Gasteiger partial charge on any atom is 0.408 e. The van der Waals surface area contributed by atoms with Crippen LogP contribution in [0.2, 0.25) is 0 Å². The lowest BCUT2D eigenvalue weighted by atomic mass is 9.98. The first-order valence-electron chi connectivity index (χ1n) is 11.1. The fourth-order valence-electron chi connectivity index (χ4n) is 4.17. The summed E-state index contributed by atoms with van der Waals surface area (Å²) in [5.74, 6) is -0.509.